The summed E-state index contributed by atoms with van der Waals surface area (Å²) in [6, 6.07) is 3.43. The van der Waals surface area contributed by atoms with E-state index in [2.05, 4.69) is 9.98 Å². The number of hydrogen-bond acceptors (Lipinski definition) is 4. The van der Waals surface area contributed by atoms with Gasteiger partial charge >= 0.3 is 0 Å². The van der Waals surface area contributed by atoms with E-state index in [9.17, 15) is 9.18 Å². The molecular formula is C22H26FN3O2S. The van der Waals surface area contributed by atoms with Crippen molar-refractivity contribution in [1.82, 2.24) is 9.55 Å². The van der Waals surface area contributed by atoms with Gasteiger partial charge in [-0.1, -0.05) is 11.3 Å². The van der Waals surface area contributed by atoms with Crippen LogP contribution >= 0.6 is 11.3 Å². The van der Waals surface area contributed by atoms with Crippen LogP contribution in [0.15, 0.2) is 29.5 Å². The molecule has 0 spiro atoms. The van der Waals surface area contributed by atoms with E-state index < -0.39 is 5.95 Å². The predicted molar refractivity (Wildman–Crippen MR) is 109 cm³/mol. The summed E-state index contributed by atoms with van der Waals surface area (Å²) in [4.78, 5) is 23.1. The second kappa shape index (κ2) is 7.43. The molecule has 0 saturated heterocycles. The Morgan fingerprint density at radius 1 is 1.31 bits per heavy atom. The van der Waals surface area contributed by atoms with Crippen molar-refractivity contribution in [2.75, 3.05) is 13.7 Å². The number of amides is 1. The smallest absolute Gasteiger partial charge is 0.254 e. The fraction of sp³-hybridized carbons (Fsp3) is 0.591. The van der Waals surface area contributed by atoms with Gasteiger partial charge in [0.2, 0.25) is 5.95 Å². The Balaban J connectivity index is 1.51. The van der Waals surface area contributed by atoms with Crippen molar-refractivity contribution >= 4 is 17.2 Å². The fourth-order valence-corrected chi connectivity index (χ4v) is 7.12. The third-order valence-corrected chi connectivity index (χ3v) is 8.02. The van der Waals surface area contributed by atoms with Gasteiger partial charge in [0.05, 0.1) is 16.9 Å². The number of halogens is 1. The molecule has 0 radical (unpaired) electrons. The fourth-order valence-electron chi connectivity index (χ4n) is 6.09. The molecule has 0 aliphatic heterocycles. The van der Waals surface area contributed by atoms with E-state index in [1.807, 2.05) is 10.8 Å². The van der Waals surface area contributed by atoms with E-state index in [1.54, 1.807) is 19.2 Å². The molecule has 5 nitrogen and oxygen atoms in total. The predicted octanol–water partition coefficient (Wildman–Crippen LogP) is 4.04. The van der Waals surface area contributed by atoms with Gasteiger partial charge in [0.1, 0.15) is 0 Å². The van der Waals surface area contributed by atoms with Gasteiger partial charge in [-0.15, -0.1) is 0 Å². The number of hydrogen-bond donors (Lipinski definition) is 0. The van der Waals surface area contributed by atoms with E-state index in [1.165, 1.54) is 36.8 Å². The maximum absolute atomic E-state index is 14.2. The molecule has 0 aromatic carbocycles. The number of carbonyl (C=O) groups is 1. The molecule has 4 bridgehead atoms. The van der Waals surface area contributed by atoms with Crippen LogP contribution in [0.3, 0.4) is 0 Å². The van der Waals surface area contributed by atoms with Crippen molar-refractivity contribution in [2.24, 2.45) is 28.2 Å². The molecule has 4 fully saturated rings. The summed E-state index contributed by atoms with van der Waals surface area (Å²) in [6.45, 7) is 1.08. The first kappa shape index (κ1) is 19.1. The molecule has 7 heteroatoms. The normalized spacial score (nSPS) is 30.8. The molecule has 0 unspecified atom stereocenters. The van der Waals surface area contributed by atoms with Gasteiger partial charge in [-0.2, -0.15) is 9.38 Å². The van der Waals surface area contributed by atoms with Gasteiger partial charge in [0.25, 0.3) is 5.91 Å². The number of carbonyl (C=O) groups excluding carboxylic acids is 1. The highest BCUT2D eigenvalue weighted by atomic mass is 32.1. The Bertz CT molecular complexity index is 961. The molecule has 4 aliphatic rings. The monoisotopic (exact) mass is 415 g/mol. The first-order chi connectivity index (χ1) is 14.1. The van der Waals surface area contributed by atoms with Gasteiger partial charge in [-0.3, -0.25) is 4.79 Å². The van der Waals surface area contributed by atoms with Crippen LogP contribution in [0.2, 0.25) is 0 Å². The van der Waals surface area contributed by atoms with E-state index >= 15 is 0 Å². The van der Waals surface area contributed by atoms with Crippen molar-refractivity contribution in [3.8, 4) is 10.4 Å². The van der Waals surface area contributed by atoms with Crippen molar-refractivity contribution in [3.05, 3.63) is 35.3 Å². The molecule has 6 rings (SSSR count). The SMILES string of the molecule is COCCn1cc(-c2cccnc2F)sc1=NC(=O)C12CC3CC(CC(C3)C1)C2. The summed E-state index contributed by atoms with van der Waals surface area (Å²) >= 11 is 1.35. The van der Waals surface area contributed by atoms with Crippen LogP contribution in [-0.2, 0) is 16.1 Å². The second-order valence-corrected chi connectivity index (χ2v) is 10.0. The highest BCUT2D eigenvalue weighted by molar-refractivity contribution is 7.12. The lowest BCUT2D eigenvalue weighted by atomic mass is 9.49. The minimum Gasteiger partial charge on any atom is -0.383 e. The number of rotatable bonds is 5. The highest BCUT2D eigenvalue weighted by Gasteiger charge is 2.54. The Morgan fingerprint density at radius 2 is 2.00 bits per heavy atom. The number of nitrogens with zero attached hydrogens (tertiary/aromatic N) is 3. The van der Waals surface area contributed by atoms with Crippen LogP contribution in [0.4, 0.5) is 4.39 Å². The van der Waals surface area contributed by atoms with E-state index in [0.717, 1.165) is 24.1 Å². The topological polar surface area (TPSA) is 56.5 Å². The first-order valence-corrected chi connectivity index (χ1v) is 11.3. The van der Waals surface area contributed by atoms with Crippen molar-refractivity contribution in [1.29, 1.82) is 0 Å². The molecule has 2 heterocycles. The lowest BCUT2D eigenvalue weighted by Crippen LogP contribution is -2.49. The van der Waals surface area contributed by atoms with E-state index in [-0.39, 0.29) is 11.3 Å². The zero-order chi connectivity index (χ0) is 20.0. The average Bonchev–Trinajstić information content (AvgIpc) is 3.08. The third kappa shape index (κ3) is 3.48. The molecular weight excluding hydrogens is 389 g/mol. The summed E-state index contributed by atoms with van der Waals surface area (Å²) in [6.07, 6.45) is 10.2. The minimum atomic E-state index is -0.508. The zero-order valence-electron chi connectivity index (χ0n) is 16.6. The summed E-state index contributed by atoms with van der Waals surface area (Å²) in [5.74, 6) is 1.62. The lowest BCUT2D eigenvalue weighted by Gasteiger charge is -2.55. The molecule has 2 aromatic rings. The minimum absolute atomic E-state index is 0.0304. The Labute approximate surface area is 173 Å². The summed E-state index contributed by atoms with van der Waals surface area (Å²) in [5.41, 5.74) is 0.171. The average molecular weight is 416 g/mol. The largest absolute Gasteiger partial charge is 0.383 e. The number of ether oxygens (including phenoxy) is 1. The Hall–Kier alpha value is -1.86. The molecule has 4 aliphatic carbocycles. The van der Waals surface area contributed by atoms with Crippen molar-refractivity contribution in [3.63, 3.8) is 0 Å². The van der Waals surface area contributed by atoms with Crippen LogP contribution in [0.5, 0.6) is 0 Å². The van der Waals surface area contributed by atoms with Gasteiger partial charge in [-0.05, 0) is 68.4 Å². The molecule has 4 saturated carbocycles. The Kier molecular flexibility index (Phi) is 4.90. The standard InChI is InChI=1S/C22H26FN3O2S/c1-28-6-5-26-13-18(17-3-2-4-24-19(17)23)29-21(26)25-20(27)22-10-14-7-15(11-22)9-16(8-14)12-22/h2-4,13-16H,5-12H2,1H3. The summed E-state index contributed by atoms with van der Waals surface area (Å²) in [5, 5.41) is 0. The number of aromatic nitrogens is 2. The quantitative estimate of drug-likeness (QED) is 0.693. The van der Waals surface area contributed by atoms with Crippen LogP contribution < -0.4 is 4.80 Å². The molecule has 29 heavy (non-hydrogen) atoms. The van der Waals surface area contributed by atoms with Crippen molar-refractivity contribution in [2.45, 2.75) is 45.1 Å². The first-order valence-electron chi connectivity index (χ1n) is 10.5. The van der Waals surface area contributed by atoms with E-state index in [0.29, 0.717) is 41.3 Å². The molecule has 0 N–H and O–H groups in total. The lowest BCUT2D eigenvalue weighted by molar-refractivity contribution is -0.142. The molecule has 1 amide bonds. The van der Waals surface area contributed by atoms with Gasteiger partial charge in [0.15, 0.2) is 4.80 Å². The second-order valence-electron chi connectivity index (χ2n) is 9.02. The maximum atomic E-state index is 14.2. The maximum Gasteiger partial charge on any atom is 0.254 e. The van der Waals surface area contributed by atoms with Gasteiger partial charge in [-0.25, -0.2) is 4.98 Å². The number of methoxy groups -OCH3 is 1. The van der Waals surface area contributed by atoms with Crippen LogP contribution in [0.1, 0.15) is 38.5 Å². The Morgan fingerprint density at radius 3 is 2.62 bits per heavy atom. The molecule has 154 valence electrons. The highest BCUT2D eigenvalue weighted by Crippen LogP contribution is 2.60. The third-order valence-electron chi connectivity index (χ3n) is 6.97. The van der Waals surface area contributed by atoms with E-state index in [4.69, 9.17) is 4.74 Å². The summed E-state index contributed by atoms with van der Waals surface area (Å²) < 4.78 is 21.3. The van der Waals surface area contributed by atoms with Gasteiger partial charge in [0, 0.05) is 31.6 Å². The van der Waals surface area contributed by atoms with Crippen LogP contribution in [-0.4, -0.2) is 29.2 Å². The summed E-state index contributed by atoms with van der Waals surface area (Å²) in [7, 11) is 1.64. The zero-order valence-corrected chi connectivity index (χ0v) is 17.5. The number of thiazole rings is 1. The molecule has 2 aromatic heterocycles. The van der Waals surface area contributed by atoms with Crippen LogP contribution in [0.25, 0.3) is 10.4 Å². The van der Waals surface area contributed by atoms with Gasteiger partial charge < -0.3 is 9.30 Å². The number of pyridine rings is 1. The van der Waals surface area contributed by atoms with Crippen molar-refractivity contribution < 1.29 is 13.9 Å². The van der Waals surface area contributed by atoms with Crippen LogP contribution in [0, 0.1) is 29.1 Å². The molecule has 0 atom stereocenters.